The molecule has 0 aliphatic carbocycles. The monoisotopic (exact) mass is 262 g/mol. The average Bonchev–Trinajstić information content (AvgIpc) is 2.87. The zero-order valence-corrected chi connectivity index (χ0v) is 10.3. The summed E-state index contributed by atoms with van der Waals surface area (Å²) in [6.07, 6.45) is 5.16. The van der Waals surface area contributed by atoms with Crippen LogP contribution in [0.2, 0.25) is 0 Å². The topological polar surface area (TPSA) is 86.9 Å². The van der Waals surface area contributed by atoms with Gasteiger partial charge in [0.2, 0.25) is 5.65 Å². The Labute approximate surface area is 109 Å². The van der Waals surface area contributed by atoms with E-state index in [1.807, 2.05) is 9.30 Å². The molecule has 0 bridgehead atoms. The van der Waals surface area contributed by atoms with Gasteiger partial charge in [-0.05, 0) is 0 Å². The van der Waals surface area contributed by atoms with Gasteiger partial charge < -0.3 is 10.0 Å². The van der Waals surface area contributed by atoms with Gasteiger partial charge in [-0.15, -0.1) is 10.2 Å². The molecule has 2 aromatic rings. The molecule has 100 valence electrons. The number of carbonyl (C=O) groups is 1. The van der Waals surface area contributed by atoms with Gasteiger partial charge in [0, 0.05) is 38.6 Å². The minimum atomic E-state index is -0.786. The number of carboxylic acid groups (broad SMARTS) is 1. The van der Waals surface area contributed by atoms with Crippen molar-refractivity contribution in [3.63, 3.8) is 0 Å². The largest absolute Gasteiger partial charge is 0.480 e. The van der Waals surface area contributed by atoms with E-state index in [9.17, 15) is 4.79 Å². The van der Waals surface area contributed by atoms with Gasteiger partial charge in [-0.2, -0.15) is 0 Å². The standard InChI is InChI=1S/C11H14N6O2/c18-9(19)7-15-3-5-16(6-4-15)10-11-14-13-8-17(11)2-1-12-10/h1-2,8H,3-7H2,(H,18,19). The summed E-state index contributed by atoms with van der Waals surface area (Å²) < 4.78 is 1.83. The summed E-state index contributed by atoms with van der Waals surface area (Å²) >= 11 is 0. The van der Waals surface area contributed by atoms with Gasteiger partial charge in [0.15, 0.2) is 5.82 Å². The Hall–Kier alpha value is -2.22. The van der Waals surface area contributed by atoms with Gasteiger partial charge in [0.25, 0.3) is 0 Å². The van der Waals surface area contributed by atoms with Gasteiger partial charge in [-0.3, -0.25) is 14.1 Å². The fraction of sp³-hybridized carbons (Fsp3) is 0.455. The Kier molecular flexibility index (Phi) is 3.00. The van der Waals surface area contributed by atoms with Gasteiger partial charge in [0.05, 0.1) is 6.54 Å². The molecule has 8 nitrogen and oxygen atoms in total. The molecule has 1 fully saturated rings. The van der Waals surface area contributed by atoms with Crippen LogP contribution in [-0.2, 0) is 4.79 Å². The Bertz CT molecular complexity index is 590. The summed E-state index contributed by atoms with van der Waals surface area (Å²) in [5.41, 5.74) is 0.731. The highest BCUT2D eigenvalue weighted by Crippen LogP contribution is 2.17. The van der Waals surface area contributed by atoms with Crippen LogP contribution in [0.1, 0.15) is 0 Å². The lowest BCUT2D eigenvalue weighted by atomic mass is 10.3. The third kappa shape index (κ3) is 2.34. The molecule has 1 aliphatic rings. The number of aliphatic carboxylic acids is 1. The molecule has 0 atom stereocenters. The van der Waals surface area contributed by atoms with E-state index in [1.165, 1.54) is 0 Å². The van der Waals surface area contributed by atoms with Crippen molar-refractivity contribution in [2.75, 3.05) is 37.6 Å². The molecular weight excluding hydrogens is 248 g/mol. The predicted molar refractivity (Wildman–Crippen MR) is 67.1 cm³/mol. The Morgan fingerprint density at radius 2 is 2.11 bits per heavy atom. The van der Waals surface area contributed by atoms with E-state index in [1.54, 1.807) is 18.7 Å². The fourth-order valence-electron chi connectivity index (χ4n) is 2.28. The fourth-order valence-corrected chi connectivity index (χ4v) is 2.28. The maximum Gasteiger partial charge on any atom is 0.317 e. The number of anilines is 1. The van der Waals surface area contributed by atoms with Gasteiger partial charge in [-0.25, -0.2) is 4.98 Å². The van der Waals surface area contributed by atoms with Crippen molar-refractivity contribution in [3.05, 3.63) is 18.7 Å². The van der Waals surface area contributed by atoms with Crippen LogP contribution in [0.25, 0.3) is 5.65 Å². The summed E-state index contributed by atoms with van der Waals surface area (Å²) in [5, 5.41) is 16.7. The first-order chi connectivity index (χ1) is 9.24. The summed E-state index contributed by atoms with van der Waals surface area (Å²) in [5.74, 6) is 0.0149. The molecule has 0 saturated carbocycles. The van der Waals surface area contributed by atoms with Crippen LogP contribution in [0, 0.1) is 0 Å². The van der Waals surface area contributed by atoms with Crippen molar-refractivity contribution in [3.8, 4) is 0 Å². The van der Waals surface area contributed by atoms with E-state index in [0.29, 0.717) is 13.1 Å². The zero-order valence-electron chi connectivity index (χ0n) is 10.3. The van der Waals surface area contributed by atoms with E-state index in [4.69, 9.17) is 5.11 Å². The molecule has 0 unspecified atom stereocenters. The number of fused-ring (bicyclic) bond motifs is 1. The number of carboxylic acids is 1. The van der Waals surface area contributed by atoms with Crippen molar-refractivity contribution >= 4 is 17.4 Å². The van der Waals surface area contributed by atoms with Crippen molar-refractivity contribution in [2.24, 2.45) is 0 Å². The van der Waals surface area contributed by atoms with Crippen molar-refractivity contribution in [1.29, 1.82) is 0 Å². The molecule has 0 amide bonds. The second-order valence-electron chi connectivity index (χ2n) is 4.47. The number of aromatic nitrogens is 4. The highest BCUT2D eigenvalue weighted by atomic mass is 16.4. The maximum atomic E-state index is 10.7. The smallest absolute Gasteiger partial charge is 0.317 e. The third-order valence-corrected chi connectivity index (χ3v) is 3.23. The quantitative estimate of drug-likeness (QED) is 0.785. The molecule has 1 N–H and O–H groups in total. The first-order valence-corrected chi connectivity index (χ1v) is 6.07. The van der Waals surface area contributed by atoms with E-state index < -0.39 is 5.97 Å². The van der Waals surface area contributed by atoms with Crippen LogP contribution in [0.15, 0.2) is 18.7 Å². The third-order valence-electron chi connectivity index (χ3n) is 3.23. The minimum absolute atomic E-state index is 0.0937. The normalized spacial score (nSPS) is 16.9. The molecule has 0 radical (unpaired) electrons. The number of hydrogen-bond donors (Lipinski definition) is 1. The predicted octanol–water partition coefficient (Wildman–Crippen LogP) is -0.669. The van der Waals surface area contributed by atoms with E-state index in [0.717, 1.165) is 24.6 Å². The van der Waals surface area contributed by atoms with E-state index in [2.05, 4.69) is 20.1 Å². The Morgan fingerprint density at radius 3 is 2.84 bits per heavy atom. The Morgan fingerprint density at radius 1 is 1.32 bits per heavy atom. The van der Waals surface area contributed by atoms with Crippen molar-refractivity contribution < 1.29 is 9.90 Å². The average molecular weight is 262 g/mol. The first-order valence-electron chi connectivity index (χ1n) is 6.07. The second-order valence-corrected chi connectivity index (χ2v) is 4.47. The molecule has 8 heteroatoms. The first kappa shape index (κ1) is 11.8. The Balaban J connectivity index is 1.75. The highest BCUT2D eigenvalue weighted by molar-refractivity contribution is 5.69. The summed E-state index contributed by atoms with van der Waals surface area (Å²) in [4.78, 5) is 19.1. The highest BCUT2D eigenvalue weighted by Gasteiger charge is 2.21. The lowest BCUT2D eigenvalue weighted by molar-refractivity contribution is -0.138. The number of nitrogens with zero attached hydrogens (tertiary/aromatic N) is 6. The SMILES string of the molecule is O=C(O)CN1CCN(c2nccn3cnnc23)CC1. The van der Waals surface area contributed by atoms with Crippen molar-refractivity contribution in [1.82, 2.24) is 24.5 Å². The summed E-state index contributed by atoms with van der Waals surface area (Å²) in [7, 11) is 0. The molecular formula is C11H14N6O2. The number of hydrogen-bond acceptors (Lipinski definition) is 6. The molecule has 0 aromatic carbocycles. The molecule has 2 aromatic heterocycles. The van der Waals surface area contributed by atoms with Crippen LogP contribution < -0.4 is 4.90 Å². The lowest BCUT2D eigenvalue weighted by Crippen LogP contribution is -2.48. The van der Waals surface area contributed by atoms with Crippen LogP contribution in [0.3, 0.4) is 0 Å². The summed E-state index contributed by atoms with van der Waals surface area (Å²) in [6, 6.07) is 0. The van der Waals surface area contributed by atoms with Crippen LogP contribution in [0.5, 0.6) is 0 Å². The van der Waals surface area contributed by atoms with Gasteiger partial charge in [-0.1, -0.05) is 0 Å². The maximum absolute atomic E-state index is 10.7. The van der Waals surface area contributed by atoms with Crippen LogP contribution in [-0.4, -0.2) is 68.3 Å². The minimum Gasteiger partial charge on any atom is -0.480 e. The van der Waals surface area contributed by atoms with E-state index in [-0.39, 0.29) is 6.54 Å². The molecule has 1 saturated heterocycles. The molecule has 3 heterocycles. The van der Waals surface area contributed by atoms with Gasteiger partial charge in [0.1, 0.15) is 6.33 Å². The number of rotatable bonds is 3. The summed E-state index contributed by atoms with van der Waals surface area (Å²) in [6.45, 7) is 3.00. The number of piperazine rings is 1. The second kappa shape index (κ2) is 4.81. The molecule has 1 aliphatic heterocycles. The molecule has 19 heavy (non-hydrogen) atoms. The van der Waals surface area contributed by atoms with Crippen LogP contribution >= 0.6 is 0 Å². The molecule has 3 rings (SSSR count). The molecule has 0 spiro atoms. The van der Waals surface area contributed by atoms with Crippen LogP contribution in [0.4, 0.5) is 5.82 Å². The van der Waals surface area contributed by atoms with Gasteiger partial charge >= 0.3 is 5.97 Å². The van der Waals surface area contributed by atoms with Crippen molar-refractivity contribution in [2.45, 2.75) is 0 Å². The lowest BCUT2D eigenvalue weighted by Gasteiger charge is -2.34. The zero-order chi connectivity index (χ0) is 13.2. The van der Waals surface area contributed by atoms with E-state index >= 15 is 0 Å².